The zero-order valence-electron chi connectivity index (χ0n) is 18.7. The average molecular weight is 494 g/mol. The number of aryl methyl sites for hydroxylation is 1. The highest BCUT2D eigenvalue weighted by Gasteiger charge is 2.72. The van der Waals surface area contributed by atoms with Crippen LogP contribution in [0.15, 0.2) is 58.7 Å². The molecule has 0 unspecified atom stereocenters. The molecule has 0 radical (unpaired) electrons. The Balaban J connectivity index is 1.47. The molecule has 2 aromatic rings. The Labute approximate surface area is 203 Å². The van der Waals surface area contributed by atoms with E-state index in [9.17, 15) is 19.7 Å². The SMILES string of the molecule is COC(=O)C1=NN(c2ccc(C)cc2)[C@H]2S[C@]34COC(=O)C3=NN(c3ccc([N+](=O)[O-])cc3)[C@@H]4[C@@H]12. The Bertz CT molecular complexity index is 1330. The molecule has 2 saturated heterocycles. The van der Waals surface area contributed by atoms with Crippen LogP contribution >= 0.6 is 11.8 Å². The minimum Gasteiger partial charge on any atom is -0.464 e. The molecular formula is C23H19N5O6S. The van der Waals surface area contributed by atoms with Gasteiger partial charge in [-0.1, -0.05) is 17.7 Å². The zero-order valence-corrected chi connectivity index (χ0v) is 19.5. The molecule has 2 aromatic carbocycles. The van der Waals surface area contributed by atoms with Crippen LogP contribution in [0.1, 0.15) is 5.56 Å². The summed E-state index contributed by atoms with van der Waals surface area (Å²) in [7, 11) is 1.30. The maximum absolute atomic E-state index is 12.9. The smallest absolute Gasteiger partial charge is 0.356 e. The standard InChI is InChI=1S/C23H19N5O6S/c1-12-3-5-14(6-4-12)27-20-16(17(24-27)21(29)33-2)19-23(35-20)11-34-22(30)18(23)25-26(19)13-7-9-15(10-8-13)28(31)32/h3-10,16,19-20H,11H2,1-2H3/t16-,19-,20+,23-/m1/s1. The van der Waals surface area contributed by atoms with Crippen molar-refractivity contribution in [2.45, 2.75) is 23.1 Å². The van der Waals surface area contributed by atoms with Crippen LogP contribution in [-0.4, -0.2) is 58.2 Å². The summed E-state index contributed by atoms with van der Waals surface area (Å²) in [4.78, 5) is 36.2. The molecule has 0 aromatic heterocycles. The molecule has 12 heteroatoms. The van der Waals surface area contributed by atoms with Crippen molar-refractivity contribution in [2.24, 2.45) is 16.1 Å². The van der Waals surface area contributed by atoms with Gasteiger partial charge in [-0.25, -0.2) is 9.59 Å². The second-order valence-electron chi connectivity index (χ2n) is 8.67. The van der Waals surface area contributed by atoms with Gasteiger partial charge in [0.25, 0.3) is 5.69 Å². The first-order valence-electron chi connectivity index (χ1n) is 10.8. The number of esters is 2. The molecule has 0 N–H and O–H groups in total. The number of rotatable bonds is 4. The van der Waals surface area contributed by atoms with Crippen molar-refractivity contribution >= 4 is 52.2 Å². The minimum atomic E-state index is -0.827. The molecular weight excluding hydrogens is 474 g/mol. The van der Waals surface area contributed by atoms with Crippen molar-refractivity contribution in [2.75, 3.05) is 23.7 Å². The Morgan fingerprint density at radius 2 is 1.80 bits per heavy atom. The number of methoxy groups -OCH3 is 1. The van der Waals surface area contributed by atoms with Gasteiger partial charge in [-0.15, -0.1) is 11.8 Å². The van der Waals surface area contributed by atoms with Gasteiger partial charge >= 0.3 is 11.9 Å². The van der Waals surface area contributed by atoms with Gasteiger partial charge < -0.3 is 9.47 Å². The number of fused-ring (bicyclic) bond motifs is 2. The summed E-state index contributed by atoms with van der Waals surface area (Å²) in [5, 5.41) is 23.5. The molecule has 0 aliphatic carbocycles. The summed E-state index contributed by atoms with van der Waals surface area (Å²) in [6.07, 6.45) is 0. The molecule has 0 saturated carbocycles. The molecule has 2 fully saturated rings. The summed E-state index contributed by atoms with van der Waals surface area (Å²) in [6.45, 7) is 2.09. The molecule has 0 amide bonds. The summed E-state index contributed by atoms with van der Waals surface area (Å²) < 4.78 is 9.67. The van der Waals surface area contributed by atoms with Crippen molar-refractivity contribution in [1.29, 1.82) is 0 Å². The Hall–Kier alpha value is -3.93. The van der Waals surface area contributed by atoms with Gasteiger partial charge in [0, 0.05) is 12.1 Å². The van der Waals surface area contributed by atoms with Crippen LogP contribution in [0.25, 0.3) is 0 Å². The number of nitro groups is 1. The molecule has 4 aliphatic rings. The maximum Gasteiger partial charge on any atom is 0.356 e. The van der Waals surface area contributed by atoms with Crippen molar-refractivity contribution < 1.29 is 24.0 Å². The second-order valence-corrected chi connectivity index (χ2v) is 10.1. The third kappa shape index (κ3) is 2.99. The molecule has 35 heavy (non-hydrogen) atoms. The number of carbonyl (C=O) groups excluding carboxylic acids is 2. The third-order valence-electron chi connectivity index (χ3n) is 6.73. The molecule has 6 rings (SSSR count). The quantitative estimate of drug-likeness (QED) is 0.358. The number of hydrogen-bond donors (Lipinski definition) is 0. The normalized spacial score (nSPS) is 28.2. The third-order valence-corrected chi connectivity index (χ3v) is 8.44. The Morgan fingerprint density at radius 3 is 2.46 bits per heavy atom. The first kappa shape index (κ1) is 21.6. The summed E-state index contributed by atoms with van der Waals surface area (Å²) in [5.74, 6) is -1.54. The number of benzene rings is 2. The molecule has 4 aliphatic heterocycles. The van der Waals surface area contributed by atoms with E-state index >= 15 is 0 Å². The predicted molar refractivity (Wildman–Crippen MR) is 128 cm³/mol. The number of non-ortho nitro benzene ring substituents is 1. The fourth-order valence-electron chi connectivity index (χ4n) is 5.10. The lowest BCUT2D eigenvalue weighted by Gasteiger charge is -2.31. The van der Waals surface area contributed by atoms with E-state index in [1.165, 1.54) is 31.0 Å². The molecule has 178 valence electrons. The van der Waals surface area contributed by atoms with E-state index < -0.39 is 33.6 Å². The van der Waals surface area contributed by atoms with E-state index in [0.717, 1.165) is 11.3 Å². The fourth-order valence-corrected chi connectivity index (χ4v) is 6.98. The van der Waals surface area contributed by atoms with Crippen LogP contribution in [0.5, 0.6) is 0 Å². The molecule has 4 atom stereocenters. The Kier molecular flexibility index (Phi) is 4.65. The van der Waals surface area contributed by atoms with Gasteiger partial charge in [0.05, 0.1) is 35.4 Å². The van der Waals surface area contributed by atoms with E-state index in [4.69, 9.17) is 9.47 Å². The van der Waals surface area contributed by atoms with Crippen molar-refractivity contribution in [1.82, 2.24) is 0 Å². The summed E-state index contributed by atoms with van der Waals surface area (Å²) in [6, 6.07) is 13.2. The summed E-state index contributed by atoms with van der Waals surface area (Å²) >= 11 is 1.50. The predicted octanol–water partition coefficient (Wildman–Crippen LogP) is 2.48. The van der Waals surface area contributed by atoms with Gasteiger partial charge in [0.15, 0.2) is 11.4 Å². The molecule has 0 bridgehead atoms. The number of anilines is 2. The minimum absolute atomic E-state index is 0.0585. The first-order valence-corrected chi connectivity index (χ1v) is 11.7. The first-order chi connectivity index (χ1) is 16.8. The van der Waals surface area contributed by atoms with Gasteiger partial charge in [-0.2, -0.15) is 10.2 Å². The molecule has 4 heterocycles. The van der Waals surface area contributed by atoms with Gasteiger partial charge in [-0.3, -0.25) is 20.1 Å². The van der Waals surface area contributed by atoms with Crippen molar-refractivity contribution in [3.63, 3.8) is 0 Å². The van der Waals surface area contributed by atoms with E-state index in [1.54, 1.807) is 22.2 Å². The van der Waals surface area contributed by atoms with Crippen molar-refractivity contribution in [3.8, 4) is 0 Å². The average Bonchev–Trinajstić information content (AvgIpc) is 3.55. The Morgan fingerprint density at radius 1 is 1.14 bits per heavy atom. The lowest BCUT2D eigenvalue weighted by molar-refractivity contribution is -0.384. The van der Waals surface area contributed by atoms with Gasteiger partial charge in [0.1, 0.15) is 16.7 Å². The lowest BCUT2D eigenvalue weighted by Crippen LogP contribution is -2.50. The van der Waals surface area contributed by atoms with Crippen LogP contribution in [0.4, 0.5) is 17.1 Å². The number of cyclic esters (lactones) is 1. The van der Waals surface area contributed by atoms with Crippen LogP contribution in [0.3, 0.4) is 0 Å². The highest BCUT2D eigenvalue weighted by Crippen LogP contribution is 2.59. The molecule has 11 nitrogen and oxygen atoms in total. The van der Waals surface area contributed by atoms with Crippen LogP contribution < -0.4 is 10.0 Å². The fraction of sp³-hybridized carbons (Fsp3) is 0.304. The maximum atomic E-state index is 12.9. The zero-order chi connectivity index (χ0) is 24.5. The van der Waals surface area contributed by atoms with E-state index in [-0.39, 0.29) is 29.1 Å². The number of carbonyl (C=O) groups is 2. The monoisotopic (exact) mass is 493 g/mol. The van der Waals surface area contributed by atoms with E-state index in [0.29, 0.717) is 5.69 Å². The second kappa shape index (κ2) is 7.54. The van der Waals surface area contributed by atoms with Crippen LogP contribution in [0, 0.1) is 23.0 Å². The van der Waals surface area contributed by atoms with Crippen LogP contribution in [-0.2, 0) is 19.1 Å². The molecule has 1 spiro atoms. The lowest BCUT2D eigenvalue weighted by atomic mass is 9.84. The largest absolute Gasteiger partial charge is 0.464 e. The van der Waals surface area contributed by atoms with Gasteiger partial charge in [0.2, 0.25) is 0 Å². The van der Waals surface area contributed by atoms with Crippen molar-refractivity contribution in [3.05, 3.63) is 64.2 Å². The number of thioether (sulfide) groups is 1. The van der Waals surface area contributed by atoms with Crippen LogP contribution in [0.2, 0.25) is 0 Å². The summed E-state index contributed by atoms with van der Waals surface area (Å²) in [5.41, 5.74) is 2.90. The number of ether oxygens (including phenoxy) is 2. The number of hydrazone groups is 2. The van der Waals surface area contributed by atoms with E-state index in [2.05, 4.69) is 10.2 Å². The highest BCUT2D eigenvalue weighted by molar-refractivity contribution is 8.02. The highest BCUT2D eigenvalue weighted by atomic mass is 32.2. The number of hydrogen-bond acceptors (Lipinski definition) is 11. The number of nitro benzene ring substituents is 1. The van der Waals surface area contributed by atoms with E-state index in [1.807, 2.05) is 31.2 Å². The number of nitrogens with zero attached hydrogens (tertiary/aromatic N) is 5. The van der Waals surface area contributed by atoms with Gasteiger partial charge in [-0.05, 0) is 31.2 Å². The topological polar surface area (TPSA) is 127 Å².